The van der Waals surface area contributed by atoms with Gasteiger partial charge in [-0.3, -0.25) is 4.98 Å². The van der Waals surface area contributed by atoms with Crippen molar-refractivity contribution in [2.24, 2.45) is 0 Å². The number of halogens is 3. The molecule has 0 fully saturated rings. The largest absolute Gasteiger partial charge is 0.416 e. The van der Waals surface area contributed by atoms with E-state index in [1.165, 1.54) is 0 Å². The lowest BCUT2D eigenvalue weighted by Crippen LogP contribution is -2.28. The molecule has 30 heavy (non-hydrogen) atoms. The van der Waals surface area contributed by atoms with E-state index in [0.29, 0.717) is 12.5 Å². The molecule has 0 aliphatic carbocycles. The van der Waals surface area contributed by atoms with Crippen LogP contribution >= 0.6 is 0 Å². The highest BCUT2D eigenvalue weighted by Gasteiger charge is 2.32. The Balaban J connectivity index is 1.92. The molecule has 1 atom stereocenters. The van der Waals surface area contributed by atoms with Gasteiger partial charge in [-0.25, -0.2) is 13.1 Å². The third-order valence-electron chi connectivity index (χ3n) is 4.80. The maximum atomic E-state index is 13.0. The Hall–Kier alpha value is -2.71. The Bertz CT molecular complexity index is 1140. The summed E-state index contributed by atoms with van der Waals surface area (Å²) in [5, 5.41) is 0. The van der Waals surface area contributed by atoms with Crippen molar-refractivity contribution in [3.05, 3.63) is 83.7 Å². The van der Waals surface area contributed by atoms with Gasteiger partial charge in [0, 0.05) is 18.4 Å². The van der Waals surface area contributed by atoms with E-state index in [2.05, 4.69) is 9.71 Å². The predicted molar refractivity (Wildman–Crippen MR) is 109 cm³/mol. The van der Waals surface area contributed by atoms with Crippen LogP contribution in [0.4, 0.5) is 13.2 Å². The smallest absolute Gasteiger partial charge is 0.264 e. The van der Waals surface area contributed by atoms with Crippen LogP contribution in [0.2, 0.25) is 0 Å². The summed E-state index contributed by atoms with van der Waals surface area (Å²) in [6.07, 6.45) is -0.762. The predicted octanol–water partition coefficient (Wildman–Crippen LogP) is 5.51. The van der Waals surface area contributed by atoms with Gasteiger partial charge in [0.25, 0.3) is 0 Å². The van der Waals surface area contributed by atoms with Crippen LogP contribution in [-0.4, -0.2) is 13.4 Å². The number of nitrogens with one attached hydrogen (secondary N) is 1. The summed E-state index contributed by atoms with van der Waals surface area (Å²) in [4.78, 5) is 3.66. The van der Waals surface area contributed by atoms with Crippen molar-refractivity contribution in [2.45, 2.75) is 37.4 Å². The molecule has 0 saturated heterocycles. The summed E-state index contributed by atoms with van der Waals surface area (Å²) in [6, 6.07) is 12.4. The van der Waals surface area contributed by atoms with Gasteiger partial charge in [0.15, 0.2) is 0 Å². The van der Waals surface area contributed by atoms with Gasteiger partial charge in [0.2, 0.25) is 10.0 Å². The van der Waals surface area contributed by atoms with Crippen LogP contribution in [0.1, 0.15) is 36.1 Å². The number of sulfonamides is 1. The molecule has 1 N–H and O–H groups in total. The Labute approximate surface area is 173 Å². The molecular formula is C22H21F3N2O2S. The second-order valence-corrected chi connectivity index (χ2v) is 8.64. The highest BCUT2D eigenvalue weighted by Crippen LogP contribution is 2.31. The molecule has 0 bridgehead atoms. The number of pyridine rings is 1. The molecule has 8 heteroatoms. The van der Waals surface area contributed by atoms with E-state index in [0.717, 1.165) is 40.5 Å². The maximum absolute atomic E-state index is 13.0. The molecule has 0 amide bonds. The third kappa shape index (κ3) is 4.88. The first-order valence-corrected chi connectivity index (χ1v) is 10.8. The molecule has 0 aliphatic heterocycles. The quantitative estimate of drug-likeness (QED) is 0.557. The Morgan fingerprint density at radius 3 is 2.47 bits per heavy atom. The standard InChI is InChI=1S/C22H21F3N2O2S/c1-3-21(17-7-4-6-16(12-17)20-10-11-26-14-15(20)2)27-30(28,29)19-9-5-8-18(13-19)22(23,24)25/h4-14,21,27H,3H2,1-2H3/t21-/m0/s1. The van der Waals surface area contributed by atoms with Gasteiger partial charge >= 0.3 is 6.18 Å². The zero-order chi connectivity index (χ0) is 21.9. The Morgan fingerprint density at radius 1 is 1.07 bits per heavy atom. The van der Waals surface area contributed by atoms with Crippen molar-refractivity contribution in [3.8, 4) is 11.1 Å². The molecule has 1 heterocycles. The zero-order valence-corrected chi connectivity index (χ0v) is 17.3. The number of hydrogen-bond donors (Lipinski definition) is 1. The lowest BCUT2D eigenvalue weighted by molar-refractivity contribution is -0.137. The van der Waals surface area contributed by atoms with Crippen molar-refractivity contribution >= 4 is 10.0 Å². The number of benzene rings is 2. The van der Waals surface area contributed by atoms with Gasteiger partial charge in [-0.15, -0.1) is 0 Å². The minimum Gasteiger partial charge on any atom is -0.264 e. The minimum absolute atomic E-state index is 0.420. The number of hydrogen-bond acceptors (Lipinski definition) is 3. The Morgan fingerprint density at radius 2 is 1.80 bits per heavy atom. The molecule has 1 aromatic heterocycles. The molecule has 0 aliphatic rings. The molecule has 0 saturated carbocycles. The summed E-state index contributed by atoms with van der Waals surface area (Å²) < 4.78 is 67.0. The van der Waals surface area contributed by atoms with Crippen LogP contribution in [-0.2, 0) is 16.2 Å². The zero-order valence-electron chi connectivity index (χ0n) is 16.4. The fraction of sp³-hybridized carbons (Fsp3) is 0.227. The third-order valence-corrected chi connectivity index (χ3v) is 6.27. The van der Waals surface area contributed by atoms with Crippen LogP contribution in [0.3, 0.4) is 0 Å². The fourth-order valence-corrected chi connectivity index (χ4v) is 4.56. The van der Waals surface area contributed by atoms with Gasteiger partial charge in [0.05, 0.1) is 10.5 Å². The average molecular weight is 434 g/mol. The van der Waals surface area contributed by atoms with Crippen molar-refractivity contribution in [2.75, 3.05) is 0 Å². The van der Waals surface area contributed by atoms with E-state index >= 15 is 0 Å². The molecule has 3 aromatic rings. The molecule has 2 aromatic carbocycles. The summed E-state index contributed by atoms with van der Waals surface area (Å²) in [5.74, 6) is 0. The van der Waals surface area contributed by atoms with E-state index < -0.39 is 32.7 Å². The Kier molecular flexibility index (Phi) is 6.28. The van der Waals surface area contributed by atoms with Crippen molar-refractivity contribution in [1.82, 2.24) is 9.71 Å². The van der Waals surface area contributed by atoms with Crippen LogP contribution in [0.15, 0.2) is 71.9 Å². The molecular weight excluding hydrogens is 413 g/mol. The lowest BCUT2D eigenvalue weighted by atomic mass is 9.97. The lowest BCUT2D eigenvalue weighted by Gasteiger charge is -2.19. The van der Waals surface area contributed by atoms with E-state index in [-0.39, 0.29) is 0 Å². The van der Waals surface area contributed by atoms with Gasteiger partial charge in [0.1, 0.15) is 0 Å². The van der Waals surface area contributed by atoms with Crippen molar-refractivity contribution in [3.63, 3.8) is 0 Å². The minimum atomic E-state index is -4.62. The number of alkyl halides is 3. The molecule has 0 radical (unpaired) electrons. The van der Waals surface area contributed by atoms with Crippen molar-refractivity contribution < 1.29 is 21.6 Å². The van der Waals surface area contributed by atoms with E-state index in [9.17, 15) is 21.6 Å². The van der Waals surface area contributed by atoms with E-state index in [4.69, 9.17) is 0 Å². The van der Waals surface area contributed by atoms with Crippen LogP contribution in [0.5, 0.6) is 0 Å². The van der Waals surface area contributed by atoms with Crippen molar-refractivity contribution in [1.29, 1.82) is 0 Å². The first-order valence-electron chi connectivity index (χ1n) is 9.32. The SMILES string of the molecule is CC[C@H](NS(=O)(=O)c1cccc(C(F)(F)F)c1)c1cccc(-c2ccncc2C)c1. The first kappa shape index (κ1) is 22.0. The first-order chi connectivity index (χ1) is 14.1. The normalized spacial score (nSPS) is 13.2. The molecule has 158 valence electrons. The maximum Gasteiger partial charge on any atom is 0.416 e. The second kappa shape index (κ2) is 8.57. The molecule has 0 spiro atoms. The van der Waals surface area contributed by atoms with Gasteiger partial charge in [-0.05, 0) is 65.9 Å². The van der Waals surface area contributed by atoms with Crippen LogP contribution in [0, 0.1) is 6.92 Å². The summed E-state index contributed by atoms with van der Waals surface area (Å²) >= 11 is 0. The van der Waals surface area contributed by atoms with Gasteiger partial charge in [-0.2, -0.15) is 13.2 Å². The van der Waals surface area contributed by atoms with Gasteiger partial charge in [-0.1, -0.05) is 31.2 Å². The fourth-order valence-electron chi connectivity index (χ4n) is 3.20. The summed E-state index contributed by atoms with van der Waals surface area (Å²) in [5.41, 5.74) is 2.58. The highest BCUT2D eigenvalue weighted by molar-refractivity contribution is 7.89. The second-order valence-electron chi connectivity index (χ2n) is 6.92. The van der Waals surface area contributed by atoms with Crippen LogP contribution in [0.25, 0.3) is 11.1 Å². The number of nitrogens with zero attached hydrogens (tertiary/aromatic N) is 1. The van der Waals surface area contributed by atoms with E-state index in [1.54, 1.807) is 18.5 Å². The summed E-state index contributed by atoms with van der Waals surface area (Å²) in [7, 11) is -4.15. The molecule has 0 unspecified atom stereocenters. The average Bonchev–Trinajstić information content (AvgIpc) is 2.72. The summed E-state index contributed by atoms with van der Waals surface area (Å²) in [6.45, 7) is 3.74. The monoisotopic (exact) mass is 434 g/mol. The molecule has 4 nitrogen and oxygen atoms in total. The van der Waals surface area contributed by atoms with E-state index in [1.807, 2.05) is 38.1 Å². The van der Waals surface area contributed by atoms with Crippen LogP contribution < -0.4 is 4.72 Å². The topological polar surface area (TPSA) is 59.1 Å². The number of aromatic nitrogens is 1. The molecule has 3 rings (SSSR count). The number of rotatable bonds is 6. The van der Waals surface area contributed by atoms with Gasteiger partial charge < -0.3 is 0 Å². The highest BCUT2D eigenvalue weighted by atomic mass is 32.2. The number of aryl methyl sites for hydroxylation is 1.